The van der Waals surface area contributed by atoms with Crippen LogP contribution in [0.25, 0.3) is 0 Å². The molecule has 1 rings (SSSR count). The highest BCUT2D eigenvalue weighted by Gasteiger charge is 2.27. The summed E-state index contributed by atoms with van der Waals surface area (Å²) in [6.45, 7) is 5.66. The van der Waals surface area contributed by atoms with Crippen LogP contribution in [-0.2, 0) is 9.53 Å². The summed E-state index contributed by atoms with van der Waals surface area (Å²) in [5.74, 6) is 0.0791. The van der Waals surface area contributed by atoms with Crippen molar-refractivity contribution >= 4 is 5.91 Å². The van der Waals surface area contributed by atoms with Crippen molar-refractivity contribution in [3.8, 4) is 0 Å². The molecule has 0 aromatic heterocycles. The highest BCUT2D eigenvalue weighted by molar-refractivity contribution is 5.77. The topological polar surface area (TPSA) is 55.6 Å². The molecule has 14 heavy (non-hydrogen) atoms. The fraction of sp³-hybridized carbons (Fsp3) is 0.900. The van der Waals surface area contributed by atoms with Crippen molar-refractivity contribution in [3.05, 3.63) is 0 Å². The Morgan fingerprint density at radius 1 is 1.43 bits per heavy atom. The molecule has 1 aliphatic carbocycles. The fourth-order valence-electron chi connectivity index (χ4n) is 1.60. The van der Waals surface area contributed by atoms with E-state index in [4.69, 9.17) is 10.5 Å². The summed E-state index contributed by atoms with van der Waals surface area (Å²) in [6, 6.07) is 0.281. The van der Waals surface area contributed by atoms with Crippen molar-refractivity contribution in [3.63, 3.8) is 0 Å². The highest BCUT2D eigenvalue weighted by Crippen LogP contribution is 2.20. The highest BCUT2D eigenvalue weighted by atomic mass is 16.5. The molecule has 1 aliphatic rings. The SMILES string of the molecule is CCN(CC)C(=O)COC1CC(N)C1. The first-order valence-electron chi connectivity index (χ1n) is 5.32. The Kier molecular flexibility index (Phi) is 4.35. The maximum Gasteiger partial charge on any atom is 0.248 e. The normalized spacial score (nSPS) is 25.6. The van der Waals surface area contributed by atoms with Crippen LogP contribution in [-0.4, -0.2) is 42.6 Å². The summed E-state index contributed by atoms with van der Waals surface area (Å²) in [7, 11) is 0. The first-order valence-corrected chi connectivity index (χ1v) is 5.32. The van der Waals surface area contributed by atoms with Gasteiger partial charge in [-0.25, -0.2) is 0 Å². The quantitative estimate of drug-likeness (QED) is 0.697. The third-order valence-electron chi connectivity index (χ3n) is 2.69. The van der Waals surface area contributed by atoms with E-state index in [1.165, 1.54) is 0 Å². The van der Waals surface area contributed by atoms with E-state index in [0.29, 0.717) is 0 Å². The van der Waals surface area contributed by atoms with Gasteiger partial charge in [-0.05, 0) is 26.7 Å². The molecule has 4 nitrogen and oxygen atoms in total. The van der Waals surface area contributed by atoms with Gasteiger partial charge in [0.15, 0.2) is 0 Å². The van der Waals surface area contributed by atoms with Gasteiger partial charge in [0, 0.05) is 19.1 Å². The average molecular weight is 200 g/mol. The van der Waals surface area contributed by atoms with Crippen molar-refractivity contribution in [2.75, 3.05) is 19.7 Å². The summed E-state index contributed by atoms with van der Waals surface area (Å²) >= 11 is 0. The molecule has 0 saturated heterocycles. The molecule has 0 aromatic carbocycles. The van der Waals surface area contributed by atoms with Gasteiger partial charge in [-0.2, -0.15) is 0 Å². The molecule has 4 heteroatoms. The molecule has 0 unspecified atom stereocenters. The molecule has 1 saturated carbocycles. The Morgan fingerprint density at radius 2 is 2.00 bits per heavy atom. The number of nitrogens with zero attached hydrogens (tertiary/aromatic N) is 1. The van der Waals surface area contributed by atoms with Gasteiger partial charge in [0.1, 0.15) is 6.61 Å². The molecule has 0 aromatic rings. The first kappa shape index (κ1) is 11.5. The zero-order valence-electron chi connectivity index (χ0n) is 9.03. The molecule has 0 radical (unpaired) electrons. The zero-order valence-corrected chi connectivity index (χ0v) is 9.03. The van der Waals surface area contributed by atoms with E-state index in [0.717, 1.165) is 25.9 Å². The molecule has 1 fully saturated rings. The third kappa shape index (κ3) is 2.96. The van der Waals surface area contributed by atoms with Crippen LogP contribution >= 0.6 is 0 Å². The number of amides is 1. The van der Waals surface area contributed by atoms with Crippen molar-refractivity contribution in [1.82, 2.24) is 4.90 Å². The van der Waals surface area contributed by atoms with Crippen LogP contribution in [0.1, 0.15) is 26.7 Å². The Morgan fingerprint density at radius 3 is 2.43 bits per heavy atom. The minimum Gasteiger partial charge on any atom is -0.368 e. The van der Waals surface area contributed by atoms with Gasteiger partial charge in [-0.1, -0.05) is 0 Å². The van der Waals surface area contributed by atoms with E-state index >= 15 is 0 Å². The predicted octanol–water partition coefficient (Wildman–Crippen LogP) is 0.361. The number of nitrogens with two attached hydrogens (primary N) is 1. The Balaban J connectivity index is 2.14. The average Bonchev–Trinajstić information content (AvgIpc) is 2.12. The number of likely N-dealkylation sites (N-methyl/N-ethyl adjacent to an activating group) is 1. The monoisotopic (exact) mass is 200 g/mol. The predicted molar refractivity (Wildman–Crippen MR) is 54.9 cm³/mol. The molecule has 0 aliphatic heterocycles. The Hall–Kier alpha value is -0.610. The lowest BCUT2D eigenvalue weighted by molar-refractivity contribution is -0.140. The summed E-state index contributed by atoms with van der Waals surface area (Å²) in [5, 5.41) is 0. The van der Waals surface area contributed by atoms with Crippen LogP contribution in [0.4, 0.5) is 0 Å². The largest absolute Gasteiger partial charge is 0.368 e. The van der Waals surface area contributed by atoms with Crippen LogP contribution in [0.15, 0.2) is 0 Å². The minimum atomic E-state index is 0.0791. The van der Waals surface area contributed by atoms with Gasteiger partial charge >= 0.3 is 0 Å². The summed E-state index contributed by atoms with van der Waals surface area (Å²) in [4.78, 5) is 13.3. The summed E-state index contributed by atoms with van der Waals surface area (Å²) in [5.41, 5.74) is 5.61. The number of carbonyl (C=O) groups excluding carboxylic acids is 1. The third-order valence-corrected chi connectivity index (χ3v) is 2.69. The number of hydrogen-bond donors (Lipinski definition) is 1. The number of ether oxygens (including phenoxy) is 1. The lowest BCUT2D eigenvalue weighted by Crippen LogP contribution is -2.43. The maximum absolute atomic E-state index is 11.5. The maximum atomic E-state index is 11.5. The van der Waals surface area contributed by atoms with E-state index in [9.17, 15) is 4.79 Å². The van der Waals surface area contributed by atoms with Crippen molar-refractivity contribution in [1.29, 1.82) is 0 Å². The molecule has 0 heterocycles. The van der Waals surface area contributed by atoms with Gasteiger partial charge in [0.05, 0.1) is 6.10 Å². The lowest BCUT2D eigenvalue weighted by atomic mass is 9.90. The van der Waals surface area contributed by atoms with E-state index in [2.05, 4.69) is 0 Å². The second kappa shape index (κ2) is 5.32. The van der Waals surface area contributed by atoms with Crippen LogP contribution < -0.4 is 5.73 Å². The molecule has 2 N–H and O–H groups in total. The van der Waals surface area contributed by atoms with Gasteiger partial charge in [0.2, 0.25) is 5.91 Å². The van der Waals surface area contributed by atoms with Crippen LogP contribution in [0.5, 0.6) is 0 Å². The van der Waals surface area contributed by atoms with Crippen LogP contribution in [0.2, 0.25) is 0 Å². The second-order valence-corrected chi connectivity index (χ2v) is 3.73. The van der Waals surface area contributed by atoms with Gasteiger partial charge in [0.25, 0.3) is 0 Å². The van der Waals surface area contributed by atoms with Crippen molar-refractivity contribution in [2.24, 2.45) is 5.73 Å². The van der Waals surface area contributed by atoms with Gasteiger partial charge in [-0.15, -0.1) is 0 Å². The first-order chi connectivity index (χ1) is 6.67. The minimum absolute atomic E-state index is 0.0791. The molecule has 82 valence electrons. The summed E-state index contributed by atoms with van der Waals surface area (Å²) < 4.78 is 5.42. The van der Waals surface area contributed by atoms with Crippen molar-refractivity contribution in [2.45, 2.75) is 38.8 Å². The van der Waals surface area contributed by atoms with E-state index in [1.54, 1.807) is 4.90 Å². The number of carbonyl (C=O) groups is 1. The van der Waals surface area contributed by atoms with Crippen molar-refractivity contribution < 1.29 is 9.53 Å². The van der Waals surface area contributed by atoms with E-state index < -0.39 is 0 Å². The van der Waals surface area contributed by atoms with Crippen LogP contribution in [0.3, 0.4) is 0 Å². The molecule has 1 amide bonds. The van der Waals surface area contributed by atoms with Gasteiger partial charge in [-0.3, -0.25) is 4.79 Å². The lowest BCUT2D eigenvalue weighted by Gasteiger charge is -2.32. The molecular weight excluding hydrogens is 180 g/mol. The Bertz CT molecular complexity index is 187. The zero-order chi connectivity index (χ0) is 10.6. The number of hydrogen-bond acceptors (Lipinski definition) is 3. The molecule has 0 atom stereocenters. The molecular formula is C10H20N2O2. The fourth-order valence-corrected chi connectivity index (χ4v) is 1.60. The smallest absolute Gasteiger partial charge is 0.248 e. The van der Waals surface area contributed by atoms with Crippen LogP contribution in [0, 0.1) is 0 Å². The van der Waals surface area contributed by atoms with E-state index in [1.807, 2.05) is 13.8 Å². The Labute approximate surface area is 85.4 Å². The van der Waals surface area contributed by atoms with Gasteiger partial charge < -0.3 is 15.4 Å². The summed E-state index contributed by atoms with van der Waals surface area (Å²) in [6.07, 6.45) is 2.00. The van der Waals surface area contributed by atoms with E-state index in [-0.39, 0.29) is 24.7 Å². The molecule has 0 bridgehead atoms. The number of rotatable bonds is 5. The second-order valence-electron chi connectivity index (χ2n) is 3.73. The molecule has 0 spiro atoms. The standard InChI is InChI=1S/C10H20N2O2/c1-3-12(4-2)10(13)7-14-9-5-8(11)6-9/h8-9H,3-7,11H2,1-2H3.